The summed E-state index contributed by atoms with van der Waals surface area (Å²) in [4.78, 5) is 3.70. The zero-order valence-corrected chi connectivity index (χ0v) is 14.5. The molecule has 6 rings (SSSR count). The van der Waals surface area contributed by atoms with E-state index in [0.717, 1.165) is 36.8 Å². The number of rotatable bonds is 1. The van der Waals surface area contributed by atoms with Crippen molar-refractivity contribution >= 4 is 33.6 Å². The van der Waals surface area contributed by atoms with Crippen LogP contribution < -0.4 is 0 Å². The fourth-order valence-electron chi connectivity index (χ4n) is 4.58. The molecule has 0 unspecified atom stereocenters. The molecule has 0 atom stereocenters. The van der Waals surface area contributed by atoms with Crippen LogP contribution in [0.4, 0.5) is 0 Å². The Labute approximate surface area is 151 Å². The molecule has 0 aliphatic heterocycles. The second kappa shape index (κ2) is 5.25. The molecule has 2 nitrogen and oxygen atoms in total. The van der Waals surface area contributed by atoms with Gasteiger partial charge in [-0.15, -0.1) is 0 Å². The molecule has 126 valence electrons. The predicted molar refractivity (Wildman–Crippen MR) is 107 cm³/mol. The van der Waals surface area contributed by atoms with E-state index in [4.69, 9.17) is 4.42 Å². The summed E-state index contributed by atoms with van der Waals surface area (Å²) in [6.07, 6.45) is 11.5. The second-order valence-electron chi connectivity index (χ2n) is 7.28. The molecule has 0 bridgehead atoms. The lowest BCUT2D eigenvalue weighted by atomic mass is 9.88. The highest BCUT2D eigenvalue weighted by atomic mass is 16.3. The number of fused-ring (bicyclic) bond motifs is 6. The molecule has 0 saturated heterocycles. The lowest BCUT2D eigenvalue weighted by Crippen LogP contribution is -2.02. The molecular formula is C24H19NO. The third kappa shape index (κ3) is 1.93. The van der Waals surface area contributed by atoms with Gasteiger partial charge in [-0.25, -0.2) is 0 Å². The van der Waals surface area contributed by atoms with Crippen molar-refractivity contribution in [2.24, 2.45) is 0 Å². The molecule has 26 heavy (non-hydrogen) atoms. The van der Waals surface area contributed by atoms with Gasteiger partial charge in [0, 0.05) is 27.7 Å². The van der Waals surface area contributed by atoms with Crippen LogP contribution in [0.1, 0.15) is 40.9 Å². The second-order valence-corrected chi connectivity index (χ2v) is 7.28. The lowest BCUT2D eigenvalue weighted by molar-refractivity contribution is 0.669. The highest BCUT2D eigenvalue weighted by Crippen LogP contribution is 2.38. The van der Waals surface area contributed by atoms with Gasteiger partial charge in [0.15, 0.2) is 0 Å². The third-order valence-electron chi connectivity index (χ3n) is 5.80. The van der Waals surface area contributed by atoms with Crippen LogP contribution in [0.25, 0.3) is 33.6 Å². The quantitative estimate of drug-likeness (QED) is 0.437. The Morgan fingerprint density at radius 2 is 1.73 bits per heavy atom. The summed E-state index contributed by atoms with van der Waals surface area (Å²) in [5, 5.41) is 2.39. The van der Waals surface area contributed by atoms with Crippen LogP contribution in [0.2, 0.25) is 0 Å². The Morgan fingerprint density at radius 1 is 0.846 bits per heavy atom. The number of para-hydroxylation sites is 1. The number of benzene rings is 2. The zero-order chi connectivity index (χ0) is 17.1. The Kier molecular flexibility index (Phi) is 2.87. The van der Waals surface area contributed by atoms with Crippen LogP contribution in [0.3, 0.4) is 0 Å². The van der Waals surface area contributed by atoms with Gasteiger partial charge in [0.1, 0.15) is 11.2 Å². The molecule has 0 fully saturated rings. The molecule has 0 amide bonds. The third-order valence-corrected chi connectivity index (χ3v) is 5.80. The van der Waals surface area contributed by atoms with Crippen molar-refractivity contribution < 1.29 is 4.42 Å². The van der Waals surface area contributed by atoms with Crippen LogP contribution >= 0.6 is 0 Å². The number of nitrogens with one attached hydrogen (secondary N) is 1. The molecule has 0 saturated carbocycles. The first-order chi connectivity index (χ1) is 12.9. The van der Waals surface area contributed by atoms with Gasteiger partial charge in [-0.05, 0) is 66.6 Å². The average molecular weight is 337 g/mol. The van der Waals surface area contributed by atoms with E-state index >= 15 is 0 Å². The monoisotopic (exact) mass is 337 g/mol. The molecule has 2 aromatic carbocycles. The van der Waals surface area contributed by atoms with Crippen molar-refractivity contribution in [1.29, 1.82) is 0 Å². The summed E-state index contributed by atoms with van der Waals surface area (Å²) in [5.41, 5.74) is 10.2. The average Bonchev–Trinajstić information content (AvgIpc) is 3.25. The molecular weight excluding hydrogens is 318 g/mol. The molecule has 2 aromatic heterocycles. The summed E-state index contributed by atoms with van der Waals surface area (Å²) in [7, 11) is 0. The number of furan rings is 1. The van der Waals surface area contributed by atoms with E-state index in [2.05, 4.69) is 53.5 Å². The van der Waals surface area contributed by atoms with Crippen molar-refractivity contribution in [3.8, 4) is 0 Å². The summed E-state index contributed by atoms with van der Waals surface area (Å²) >= 11 is 0. The smallest absolute Gasteiger partial charge is 0.135 e. The first-order valence-electron chi connectivity index (χ1n) is 9.41. The number of hydrogen-bond donors (Lipinski definition) is 1. The maximum absolute atomic E-state index is 5.99. The van der Waals surface area contributed by atoms with Crippen molar-refractivity contribution in [3.63, 3.8) is 0 Å². The first-order valence-corrected chi connectivity index (χ1v) is 9.41. The fraction of sp³-hybridized carbons (Fsp3) is 0.167. The largest absolute Gasteiger partial charge is 0.456 e. The Hall–Kier alpha value is -3.00. The van der Waals surface area contributed by atoms with E-state index < -0.39 is 0 Å². The molecule has 2 aliphatic carbocycles. The molecule has 2 aliphatic rings. The molecule has 0 spiro atoms. The molecule has 0 radical (unpaired) electrons. The molecule has 4 aromatic rings. The minimum Gasteiger partial charge on any atom is -0.456 e. The van der Waals surface area contributed by atoms with Crippen LogP contribution in [-0.4, -0.2) is 4.98 Å². The topological polar surface area (TPSA) is 28.9 Å². The van der Waals surface area contributed by atoms with Crippen LogP contribution in [0, 0.1) is 0 Å². The number of aromatic nitrogens is 1. The molecule has 2 heterocycles. The lowest BCUT2D eigenvalue weighted by Gasteiger charge is -2.16. The zero-order valence-electron chi connectivity index (χ0n) is 14.5. The van der Waals surface area contributed by atoms with Gasteiger partial charge in [-0.3, -0.25) is 0 Å². The minimum atomic E-state index is 0.957. The van der Waals surface area contributed by atoms with Crippen molar-refractivity contribution in [2.75, 3.05) is 0 Å². The van der Waals surface area contributed by atoms with Crippen molar-refractivity contribution in [2.45, 2.75) is 25.7 Å². The van der Waals surface area contributed by atoms with E-state index in [9.17, 15) is 0 Å². The molecule has 2 heteroatoms. The van der Waals surface area contributed by atoms with Crippen molar-refractivity contribution in [1.82, 2.24) is 4.98 Å². The minimum absolute atomic E-state index is 0.957. The first kappa shape index (κ1) is 14.2. The van der Waals surface area contributed by atoms with Gasteiger partial charge in [0.05, 0.1) is 0 Å². The van der Waals surface area contributed by atoms with Gasteiger partial charge in [-0.1, -0.05) is 36.4 Å². The Balaban J connectivity index is 1.55. The highest BCUT2D eigenvalue weighted by molar-refractivity contribution is 6.06. The summed E-state index contributed by atoms with van der Waals surface area (Å²) in [5.74, 6) is 0. The van der Waals surface area contributed by atoms with Crippen LogP contribution in [-0.2, 0) is 12.8 Å². The standard InChI is InChI=1S/C24H19NO/c1-3-10-21-17(6-1)19-9-5-8-16(24(19)25-21)15-12-13-23-20(14-15)18-7-2-4-11-22(18)26-23/h2-4,7-8,10-14,25H,1,5-6,9H2. The number of allylic oxidation sites excluding steroid dienone is 2. The maximum Gasteiger partial charge on any atom is 0.135 e. The van der Waals surface area contributed by atoms with E-state index in [0.29, 0.717) is 0 Å². The van der Waals surface area contributed by atoms with Gasteiger partial charge >= 0.3 is 0 Å². The van der Waals surface area contributed by atoms with E-state index in [1.807, 2.05) is 12.1 Å². The Morgan fingerprint density at radius 3 is 2.73 bits per heavy atom. The summed E-state index contributed by atoms with van der Waals surface area (Å²) in [6, 6.07) is 14.9. The van der Waals surface area contributed by atoms with Crippen LogP contribution in [0.5, 0.6) is 0 Å². The normalized spacial score (nSPS) is 15.9. The summed E-state index contributed by atoms with van der Waals surface area (Å²) in [6.45, 7) is 0. The van der Waals surface area contributed by atoms with Gasteiger partial charge in [-0.2, -0.15) is 0 Å². The number of hydrogen-bond acceptors (Lipinski definition) is 1. The Bertz CT molecular complexity index is 1230. The SMILES string of the molecule is C1=Cc2[nH]c3c(c2CC1)CCC=C3c1ccc2oc3ccccc3c2c1. The fourth-order valence-corrected chi connectivity index (χ4v) is 4.58. The van der Waals surface area contributed by atoms with Crippen LogP contribution in [0.15, 0.2) is 59.0 Å². The number of aromatic amines is 1. The van der Waals surface area contributed by atoms with Gasteiger partial charge < -0.3 is 9.40 Å². The maximum atomic E-state index is 5.99. The highest BCUT2D eigenvalue weighted by Gasteiger charge is 2.23. The molecule has 1 N–H and O–H groups in total. The predicted octanol–water partition coefficient (Wildman–Crippen LogP) is 6.25. The van der Waals surface area contributed by atoms with Crippen molar-refractivity contribution in [3.05, 3.63) is 82.7 Å². The van der Waals surface area contributed by atoms with E-state index in [-0.39, 0.29) is 0 Å². The van der Waals surface area contributed by atoms with E-state index in [1.165, 1.54) is 44.4 Å². The van der Waals surface area contributed by atoms with Gasteiger partial charge in [0.2, 0.25) is 0 Å². The van der Waals surface area contributed by atoms with Gasteiger partial charge in [0.25, 0.3) is 0 Å². The summed E-state index contributed by atoms with van der Waals surface area (Å²) < 4.78 is 5.99. The van der Waals surface area contributed by atoms with E-state index in [1.54, 1.807) is 0 Å². The number of H-pyrrole nitrogens is 1.